The molecule has 2 aromatic heterocycles. The van der Waals surface area contributed by atoms with E-state index >= 15 is 0 Å². The van der Waals surface area contributed by atoms with Crippen LogP contribution in [0.2, 0.25) is 0 Å². The van der Waals surface area contributed by atoms with Crippen LogP contribution in [-0.4, -0.2) is 16.1 Å². The highest BCUT2D eigenvalue weighted by Gasteiger charge is 2.12. The van der Waals surface area contributed by atoms with Crippen molar-refractivity contribution < 1.29 is 4.74 Å². The van der Waals surface area contributed by atoms with E-state index in [0.717, 1.165) is 21.3 Å². The number of rotatable bonds is 3. The van der Waals surface area contributed by atoms with Crippen molar-refractivity contribution in [2.75, 3.05) is 0 Å². The number of aromatic nitrogens is 2. The standard InChI is InChI=1S/C13H15BrN2O/c1-8(2)9(3)17-12-4-5-15-11-6-10(14)7-16-13(11)12/h4-9H,1-3H3. The summed E-state index contributed by atoms with van der Waals surface area (Å²) >= 11 is 3.39. The summed E-state index contributed by atoms with van der Waals surface area (Å²) in [5.74, 6) is 1.26. The number of pyridine rings is 2. The van der Waals surface area contributed by atoms with Crippen LogP contribution in [0.5, 0.6) is 5.75 Å². The van der Waals surface area contributed by atoms with E-state index in [-0.39, 0.29) is 6.10 Å². The zero-order valence-electron chi connectivity index (χ0n) is 10.1. The Bertz CT molecular complexity index is 528. The molecule has 1 atom stereocenters. The van der Waals surface area contributed by atoms with Crippen molar-refractivity contribution in [1.82, 2.24) is 9.97 Å². The minimum Gasteiger partial charge on any atom is -0.488 e. The molecule has 0 aromatic carbocycles. The molecule has 0 aliphatic carbocycles. The lowest BCUT2D eigenvalue weighted by atomic mass is 10.1. The topological polar surface area (TPSA) is 35.0 Å². The molecule has 0 aliphatic rings. The van der Waals surface area contributed by atoms with Crippen LogP contribution in [0.4, 0.5) is 0 Å². The van der Waals surface area contributed by atoms with Crippen LogP contribution < -0.4 is 4.74 Å². The maximum absolute atomic E-state index is 5.91. The predicted molar refractivity (Wildman–Crippen MR) is 72.2 cm³/mol. The van der Waals surface area contributed by atoms with Crippen LogP contribution in [0.3, 0.4) is 0 Å². The highest BCUT2D eigenvalue weighted by atomic mass is 79.9. The van der Waals surface area contributed by atoms with E-state index in [1.165, 1.54) is 0 Å². The molecule has 90 valence electrons. The third-order valence-corrected chi connectivity index (χ3v) is 3.19. The summed E-state index contributed by atoms with van der Waals surface area (Å²) in [7, 11) is 0. The molecule has 2 aromatic rings. The predicted octanol–water partition coefficient (Wildman–Crippen LogP) is 3.82. The van der Waals surface area contributed by atoms with Crippen molar-refractivity contribution in [3.05, 3.63) is 29.0 Å². The fraction of sp³-hybridized carbons (Fsp3) is 0.385. The fourth-order valence-corrected chi connectivity index (χ4v) is 1.73. The Kier molecular flexibility index (Phi) is 3.62. The molecular weight excluding hydrogens is 280 g/mol. The van der Waals surface area contributed by atoms with Crippen molar-refractivity contribution in [2.24, 2.45) is 5.92 Å². The van der Waals surface area contributed by atoms with E-state index in [2.05, 4.69) is 46.7 Å². The molecule has 0 saturated heterocycles. The Morgan fingerprint density at radius 2 is 2.00 bits per heavy atom. The molecule has 0 radical (unpaired) electrons. The molecule has 0 fully saturated rings. The average molecular weight is 295 g/mol. The first-order chi connectivity index (χ1) is 8.08. The second-order valence-corrected chi connectivity index (χ2v) is 5.31. The third kappa shape index (κ3) is 2.75. The van der Waals surface area contributed by atoms with Gasteiger partial charge in [-0.3, -0.25) is 4.98 Å². The van der Waals surface area contributed by atoms with Crippen LogP contribution in [0.1, 0.15) is 20.8 Å². The monoisotopic (exact) mass is 294 g/mol. The summed E-state index contributed by atoms with van der Waals surface area (Å²) in [6, 6.07) is 3.80. The zero-order chi connectivity index (χ0) is 12.4. The van der Waals surface area contributed by atoms with Gasteiger partial charge in [0.15, 0.2) is 0 Å². The fourth-order valence-electron chi connectivity index (χ4n) is 1.41. The van der Waals surface area contributed by atoms with Gasteiger partial charge in [-0.25, -0.2) is 4.98 Å². The quantitative estimate of drug-likeness (QED) is 0.863. The molecule has 0 bridgehead atoms. The van der Waals surface area contributed by atoms with Gasteiger partial charge in [-0.05, 0) is 34.8 Å². The van der Waals surface area contributed by atoms with E-state index in [1.807, 2.05) is 12.1 Å². The summed E-state index contributed by atoms with van der Waals surface area (Å²) in [5.41, 5.74) is 1.65. The highest BCUT2D eigenvalue weighted by molar-refractivity contribution is 9.10. The van der Waals surface area contributed by atoms with E-state index < -0.39 is 0 Å². The van der Waals surface area contributed by atoms with E-state index in [1.54, 1.807) is 12.4 Å². The minimum atomic E-state index is 0.158. The lowest BCUT2D eigenvalue weighted by Gasteiger charge is -2.18. The van der Waals surface area contributed by atoms with Gasteiger partial charge in [-0.15, -0.1) is 0 Å². The van der Waals surface area contributed by atoms with Crippen LogP contribution in [0, 0.1) is 5.92 Å². The van der Waals surface area contributed by atoms with Gasteiger partial charge in [0.2, 0.25) is 0 Å². The molecular formula is C13H15BrN2O. The Balaban J connectivity index is 2.41. The van der Waals surface area contributed by atoms with Gasteiger partial charge in [0, 0.05) is 22.9 Å². The minimum absolute atomic E-state index is 0.158. The number of halogens is 1. The summed E-state index contributed by atoms with van der Waals surface area (Å²) in [4.78, 5) is 8.64. The van der Waals surface area contributed by atoms with Crippen molar-refractivity contribution in [3.63, 3.8) is 0 Å². The summed E-state index contributed by atoms with van der Waals surface area (Å²) in [6.07, 6.45) is 3.67. The Morgan fingerprint density at radius 3 is 2.71 bits per heavy atom. The first-order valence-electron chi connectivity index (χ1n) is 5.65. The SMILES string of the molecule is CC(C)C(C)Oc1ccnc2cc(Br)cnc12. The molecule has 0 N–H and O–H groups in total. The number of nitrogens with zero attached hydrogens (tertiary/aromatic N) is 2. The van der Waals surface area contributed by atoms with Crippen LogP contribution in [0.25, 0.3) is 11.0 Å². The van der Waals surface area contributed by atoms with Crippen LogP contribution >= 0.6 is 15.9 Å². The second-order valence-electron chi connectivity index (χ2n) is 4.40. The van der Waals surface area contributed by atoms with Crippen molar-refractivity contribution in [3.8, 4) is 5.75 Å². The molecule has 1 unspecified atom stereocenters. The molecule has 17 heavy (non-hydrogen) atoms. The maximum Gasteiger partial charge on any atom is 0.149 e. The first-order valence-corrected chi connectivity index (χ1v) is 6.44. The normalized spacial score (nSPS) is 13.0. The molecule has 4 heteroatoms. The smallest absolute Gasteiger partial charge is 0.149 e. The molecule has 0 saturated carbocycles. The number of hydrogen-bond donors (Lipinski definition) is 0. The Hall–Kier alpha value is -1.16. The van der Waals surface area contributed by atoms with E-state index in [0.29, 0.717) is 5.92 Å². The van der Waals surface area contributed by atoms with Crippen LogP contribution in [-0.2, 0) is 0 Å². The van der Waals surface area contributed by atoms with Crippen LogP contribution in [0.15, 0.2) is 29.0 Å². The largest absolute Gasteiger partial charge is 0.488 e. The lowest BCUT2D eigenvalue weighted by molar-refractivity contribution is 0.172. The highest BCUT2D eigenvalue weighted by Crippen LogP contribution is 2.25. The molecule has 0 aliphatic heterocycles. The Morgan fingerprint density at radius 1 is 1.24 bits per heavy atom. The first kappa shape index (κ1) is 12.3. The zero-order valence-corrected chi connectivity index (χ0v) is 11.7. The molecule has 2 rings (SSSR count). The molecule has 0 spiro atoms. The number of hydrogen-bond acceptors (Lipinski definition) is 3. The lowest BCUT2D eigenvalue weighted by Crippen LogP contribution is -2.18. The van der Waals surface area contributed by atoms with Gasteiger partial charge in [-0.1, -0.05) is 13.8 Å². The van der Waals surface area contributed by atoms with Gasteiger partial charge in [0.25, 0.3) is 0 Å². The third-order valence-electron chi connectivity index (χ3n) is 2.76. The average Bonchev–Trinajstić information content (AvgIpc) is 2.28. The molecule has 2 heterocycles. The van der Waals surface area contributed by atoms with Gasteiger partial charge in [0.05, 0.1) is 11.6 Å². The van der Waals surface area contributed by atoms with Crippen molar-refractivity contribution in [2.45, 2.75) is 26.9 Å². The number of ether oxygens (including phenoxy) is 1. The van der Waals surface area contributed by atoms with Crippen molar-refractivity contribution in [1.29, 1.82) is 0 Å². The van der Waals surface area contributed by atoms with Gasteiger partial charge >= 0.3 is 0 Å². The van der Waals surface area contributed by atoms with E-state index in [9.17, 15) is 0 Å². The van der Waals surface area contributed by atoms with Gasteiger partial charge in [-0.2, -0.15) is 0 Å². The summed E-state index contributed by atoms with van der Waals surface area (Å²) in [5, 5.41) is 0. The van der Waals surface area contributed by atoms with Gasteiger partial charge < -0.3 is 4.74 Å². The summed E-state index contributed by atoms with van der Waals surface area (Å²) in [6.45, 7) is 6.34. The second kappa shape index (κ2) is 5.00. The number of fused-ring (bicyclic) bond motifs is 1. The van der Waals surface area contributed by atoms with E-state index in [4.69, 9.17) is 4.74 Å². The van der Waals surface area contributed by atoms with Crippen molar-refractivity contribution >= 4 is 27.0 Å². The Labute approximate surface area is 109 Å². The molecule has 0 amide bonds. The summed E-state index contributed by atoms with van der Waals surface area (Å²) < 4.78 is 6.83. The molecule has 3 nitrogen and oxygen atoms in total. The maximum atomic E-state index is 5.91. The van der Waals surface area contributed by atoms with Gasteiger partial charge in [0.1, 0.15) is 11.3 Å².